The number of benzene rings is 2. The van der Waals surface area contributed by atoms with Gasteiger partial charge in [0.1, 0.15) is 25.6 Å². The van der Waals surface area contributed by atoms with Crippen molar-refractivity contribution in [1.29, 1.82) is 0 Å². The number of amides is 1. The van der Waals surface area contributed by atoms with Crippen LogP contribution in [-0.2, 0) is 14.8 Å². The number of halogens is 1. The predicted molar refractivity (Wildman–Crippen MR) is 135 cm³/mol. The van der Waals surface area contributed by atoms with Crippen molar-refractivity contribution in [2.24, 2.45) is 0 Å². The molecular weight excluding hydrogens is 485 g/mol. The van der Waals surface area contributed by atoms with Crippen molar-refractivity contribution in [3.05, 3.63) is 48.3 Å². The average Bonchev–Trinajstić information content (AvgIpc) is 2.89. The highest BCUT2D eigenvalue weighted by Gasteiger charge is 2.29. The Morgan fingerprint density at radius 1 is 1.14 bits per heavy atom. The van der Waals surface area contributed by atoms with E-state index >= 15 is 0 Å². The molecule has 1 atom stereocenters. The molecule has 1 fully saturated rings. The average molecular weight is 520 g/mol. The fourth-order valence-corrected chi connectivity index (χ4v) is 6.20. The number of carbonyl (C=O) groups excluding carboxylic acids is 1. The van der Waals surface area contributed by atoms with E-state index in [9.17, 15) is 17.6 Å². The monoisotopic (exact) mass is 519 g/mol. The van der Waals surface area contributed by atoms with Gasteiger partial charge in [-0.3, -0.25) is 9.10 Å². The molecule has 8 nitrogen and oxygen atoms in total. The summed E-state index contributed by atoms with van der Waals surface area (Å²) in [6, 6.07) is 10.1. The van der Waals surface area contributed by atoms with Gasteiger partial charge in [0.25, 0.3) is 10.0 Å². The van der Waals surface area contributed by atoms with Gasteiger partial charge in [0.2, 0.25) is 5.91 Å². The van der Waals surface area contributed by atoms with E-state index in [1.807, 2.05) is 0 Å². The van der Waals surface area contributed by atoms with Gasteiger partial charge < -0.3 is 19.7 Å². The topological polar surface area (TPSA) is 88.2 Å². The predicted octanol–water partition coefficient (Wildman–Crippen LogP) is 3.56. The van der Waals surface area contributed by atoms with E-state index in [-0.39, 0.29) is 10.6 Å². The fraction of sp³-hybridized carbons (Fsp3) is 0.500. The lowest BCUT2D eigenvalue weighted by Gasteiger charge is -2.35. The van der Waals surface area contributed by atoms with Crippen LogP contribution in [0.25, 0.3) is 0 Å². The van der Waals surface area contributed by atoms with Crippen LogP contribution < -0.4 is 19.1 Å². The van der Waals surface area contributed by atoms with Gasteiger partial charge in [-0.2, -0.15) is 0 Å². The van der Waals surface area contributed by atoms with Crippen LogP contribution in [0.2, 0.25) is 0 Å². The van der Waals surface area contributed by atoms with Crippen LogP contribution in [0.15, 0.2) is 47.4 Å². The highest BCUT2D eigenvalue weighted by molar-refractivity contribution is 7.92. The molecule has 0 bridgehead atoms. The van der Waals surface area contributed by atoms with Gasteiger partial charge in [-0.1, -0.05) is 19.4 Å². The fourth-order valence-electron chi connectivity index (χ4n) is 4.77. The normalized spacial score (nSPS) is 18.0. The molecule has 1 saturated heterocycles. The number of fused-ring (bicyclic) bond motifs is 1. The van der Waals surface area contributed by atoms with Gasteiger partial charge in [-0.15, -0.1) is 0 Å². The summed E-state index contributed by atoms with van der Waals surface area (Å²) in [7, 11) is -4.20. The molecule has 2 heterocycles. The first-order valence-electron chi connectivity index (χ1n) is 12.6. The van der Waals surface area contributed by atoms with Crippen molar-refractivity contribution in [1.82, 2.24) is 10.2 Å². The lowest BCUT2D eigenvalue weighted by atomic mass is 10.00. The van der Waals surface area contributed by atoms with Crippen LogP contribution in [0.3, 0.4) is 0 Å². The number of hydrogen-bond acceptors (Lipinski definition) is 6. The molecular formula is C26H34FN3O5S. The Kier molecular flexibility index (Phi) is 8.68. The third-order valence-electron chi connectivity index (χ3n) is 6.65. The molecule has 0 aliphatic carbocycles. The Bertz CT molecular complexity index is 1160. The quantitative estimate of drug-likeness (QED) is 0.483. The second kappa shape index (κ2) is 11.9. The van der Waals surface area contributed by atoms with Crippen molar-refractivity contribution >= 4 is 21.6 Å². The van der Waals surface area contributed by atoms with Crippen molar-refractivity contribution in [2.45, 2.75) is 50.0 Å². The zero-order chi connectivity index (χ0) is 25.5. The maximum absolute atomic E-state index is 14.0. The molecule has 0 aromatic heterocycles. The molecule has 1 unspecified atom stereocenters. The van der Waals surface area contributed by atoms with E-state index in [1.165, 1.54) is 55.7 Å². The van der Waals surface area contributed by atoms with Gasteiger partial charge in [0.15, 0.2) is 11.5 Å². The summed E-state index contributed by atoms with van der Waals surface area (Å²) < 4.78 is 53.1. The zero-order valence-corrected chi connectivity index (χ0v) is 21.4. The standard InChI is InChI=1S/C26H34FN3O5S/c1-2-21-8-3-4-13-29(21)14-6-12-28-26(31)19-30(22-9-5-7-20(27)17-22)36(32,33)23-10-11-24-25(18-23)35-16-15-34-24/h5,7,9-11,17-18,21H,2-4,6,8,12-16,19H2,1H3,(H,28,31). The molecule has 2 aliphatic rings. The summed E-state index contributed by atoms with van der Waals surface area (Å²) in [4.78, 5) is 15.2. The first kappa shape index (κ1) is 26.2. The van der Waals surface area contributed by atoms with Crippen LogP contribution in [-0.4, -0.2) is 64.7 Å². The van der Waals surface area contributed by atoms with Crippen LogP contribution in [0.4, 0.5) is 10.1 Å². The number of carbonyl (C=O) groups is 1. The number of likely N-dealkylation sites (tertiary alicyclic amines) is 1. The van der Waals surface area contributed by atoms with Gasteiger partial charge >= 0.3 is 0 Å². The highest BCUT2D eigenvalue weighted by Crippen LogP contribution is 2.34. The van der Waals surface area contributed by atoms with E-state index in [2.05, 4.69) is 17.1 Å². The lowest BCUT2D eigenvalue weighted by Crippen LogP contribution is -2.43. The number of piperidine rings is 1. The SMILES string of the molecule is CCC1CCCCN1CCCNC(=O)CN(c1cccc(F)c1)S(=O)(=O)c1ccc2c(c1)OCCO2. The van der Waals surface area contributed by atoms with Crippen molar-refractivity contribution in [3.63, 3.8) is 0 Å². The Balaban J connectivity index is 1.45. The van der Waals surface area contributed by atoms with Gasteiger partial charge in [0, 0.05) is 25.2 Å². The third kappa shape index (κ3) is 6.28. The summed E-state index contributed by atoms with van der Waals surface area (Å²) in [5.41, 5.74) is 0.0687. The van der Waals surface area contributed by atoms with E-state index in [0.717, 1.165) is 36.3 Å². The summed E-state index contributed by atoms with van der Waals surface area (Å²) >= 11 is 0. The number of nitrogens with one attached hydrogen (secondary N) is 1. The number of sulfonamides is 1. The van der Waals surface area contributed by atoms with Crippen LogP contribution >= 0.6 is 0 Å². The molecule has 2 aromatic rings. The van der Waals surface area contributed by atoms with Gasteiger partial charge in [-0.05, 0) is 62.6 Å². The smallest absolute Gasteiger partial charge is 0.264 e. The van der Waals surface area contributed by atoms with Crippen LogP contribution in [0, 0.1) is 5.82 Å². The van der Waals surface area contributed by atoms with Crippen molar-refractivity contribution < 1.29 is 27.1 Å². The summed E-state index contributed by atoms with van der Waals surface area (Å²) in [5.74, 6) is -0.281. The zero-order valence-electron chi connectivity index (χ0n) is 20.6. The van der Waals surface area contributed by atoms with Gasteiger partial charge in [-0.25, -0.2) is 12.8 Å². The minimum atomic E-state index is -4.20. The molecule has 1 amide bonds. The maximum Gasteiger partial charge on any atom is 0.264 e. The molecule has 4 rings (SSSR count). The highest BCUT2D eigenvalue weighted by atomic mass is 32.2. The number of anilines is 1. The summed E-state index contributed by atoms with van der Waals surface area (Å²) in [6.07, 6.45) is 5.57. The van der Waals surface area contributed by atoms with E-state index < -0.39 is 28.3 Å². The molecule has 36 heavy (non-hydrogen) atoms. The Labute approximate surface area is 212 Å². The Hall–Kier alpha value is -2.85. The number of hydrogen-bond donors (Lipinski definition) is 1. The van der Waals surface area contributed by atoms with E-state index in [0.29, 0.717) is 37.3 Å². The molecule has 0 radical (unpaired) electrons. The largest absolute Gasteiger partial charge is 0.486 e. The maximum atomic E-state index is 14.0. The minimum Gasteiger partial charge on any atom is -0.486 e. The Morgan fingerprint density at radius 3 is 2.72 bits per heavy atom. The first-order chi connectivity index (χ1) is 17.4. The Morgan fingerprint density at radius 2 is 1.94 bits per heavy atom. The molecule has 0 saturated carbocycles. The number of nitrogens with zero attached hydrogens (tertiary/aromatic N) is 2. The van der Waals surface area contributed by atoms with Crippen molar-refractivity contribution in [2.75, 3.05) is 43.7 Å². The molecule has 2 aromatic carbocycles. The number of ether oxygens (including phenoxy) is 2. The molecule has 1 N–H and O–H groups in total. The van der Waals surface area contributed by atoms with Gasteiger partial charge in [0.05, 0.1) is 10.6 Å². The molecule has 0 spiro atoms. The minimum absolute atomic E-state index is 0.0687. The number of rotatable bonds is 10. The van der Waals surface area contributed by atoms with Crippen LogP contribution in [0.1, 0.15) is 39.0 Å². The van der Waals surface area contributed by atoms with E-state index in [1.54, 1.807) is 0 Å². The van der Waals surface area contributed by atoms with Crippen LogP contribution in [0.5, 0.6) is 11.5 Å². The second-order valence-corrected chi connectivity index (χ2v) is 11.0. The summed E-state index contributed by atoms with van der Waals surface area (Å²) in [5, 5.41) is 2.83. The second-order valence-electron chi connectivity index (χ2n) is 9.09. The van der Waals surface area contributed by atoms with E-state index in [4.69, 9.17) is 9.47 Å². The summed E-state index contributed by atoms with van der Waals surface area (Å²) in [6.45, 7) is 4.83. The lowest BCUT2D eigenvalue weighted by molar-refractivity contribution is -0.119. The third-order valence-corrected chi connectivity index (χ3v) is 8.42. The van der Waals surface area contributed by atoms with Crippen molar-refractivity contribution in [3.8, 4) is 11.5 Å². The first-order valence-corrected chi connectivity index (χ1v) is 14.0. The molecule has 2 aliphatic heterocycles. The molecule has 196 valence electrons. The molecule has 10 heteroatoms.